The number of halogens is 4. The minimum Gasteiger partial charge on any atom is -0.459 e. The lowest BCUT2D eigenvalue weighted by atomic mass is 10.2. The molecule has 0 aliphatic rings. The second kappa shape index (κ2) is 6.60. The van der Waals surface area contributed by atoms with Crippen LogP contribution in [0.3, 0.4) is 0 Å². The van der Waals surface area contributed by atoms with Crippen molar-refractivity contribution in [2.24, 2.45) is 0 Å². The third-order valence-electron chi connectivity index (χ3n) is 3.25. The molecule has 0 unspecified atom stereocenters. The van der Waals surface area contributed by atoms with E-state index in [1.54, 1.807) is 24.3 Å². The van der Waals surface area contributed by atoms with E-state index >= 15 is 0 Å². The van der Waals surface area contributed by atoms with E-state index in [4.69, 9.17) is 27.6 Å². The van der Waals surface area contributed by atoms with Gasteiger partial charge >= 0.3 is 0 Å². The molecule has 3 aromatic rings. The molecule has 1 heterocycles. The molecule has 0 aliphatic heterocycles. The van der Waals surface area contributed by atoms with Crippen LogP contribution in [0.1, 0.15) is 5.76 Å². The van der Waals surface area contributed by atoms with Crippen molar-refractivity contribution in [1.29, 1.82) is 0 Å². The van der Waals surface area contributed by atoms with Gasteiger partial charge in [-0.05, 0) is 48.5 Å². The van der Waals surface area contributed by atoms with Crippen molar-refractivity contribution in [1.82, 2.24) is 0 Å². The van der Waals surface area contributed by atoms with E-state index in [0.717, 1.165) is 0 Å². The summed E-state index contributed by atoms with van der Waals surface area (Å²) in [5.41, 5.74) is 1.37. The quantitative estimate of drug-likeness (QED) is 0.608. The average Bonchev–Trinajstić information content (AvgIpc) is 3.00. The third kappa shape index (κ3) is 3.66. The van der Waals surface area contributed by atoms with Crippen molar-refractivity contribution in [3.05, 3.63) is 76.0 Å². The summed E-state index contributed by atoms with van der Waals surface area (Å²) >= 11 is 11.5. The van der Waals surface area contributed by atoms with Gasteiger partial charge in [0.15, 0.2) is 0 Å². The molecule has 2 nitrogen and oxygen atoms in total. The molecule has 1 N–H and O–H groups in total. The summed E-state index contributed by atoms with van der Waals surface area (Å²) in [6, 6.07) is 12.3. The van der Waals surface area contributed by atoms with Crippen LogP contribution in [-0.4, -0.2) is 0 Å². The summed E-state index contributed by atoms with van der Waals surface area (Å²) in [5.74, 6) is 0.310. The van der Waals surface area contributed by atoms with Gasteiger partial charge in [-0.3, -0.25) is 0 Å². The lowest BCUT2D eigenvalue weighted by Gasteiger charge is -2.05. The minimum atomic E-state index is -0.475. The smallest absolute Gasteiger partial charge is 0.141 e. The lowest BCUT2D eigenvalue weighted by Crippen LogP contribution is -1.98. The Balaban J connectivity index is 1.71. The standard InChI is InChI=1S/C17H11Cl2F2NO/c18-13-7-10(1-4-15(13)20)17-6-3-12(23-17)9-22-11-2-5-16(21)14(19)8-11/h1-8,22H,9H2. The molecule has 0 aliphatic carbocycles. The molecule has 1 aromatic heterocycles. The number of anilines is 1. The zero-order valence-electron chi connectivity index (χ0n) is 11.7. The highest BCUT2D eigenvalue weighted by Crippen LogP contribution is 2.27. The van der Waals surface area contributed by atoms with Gasteiger partial charge in [-0.15, -0.1) is 0 Å². The summed E-state index contributed by atoms with van der Waals surface area (Å²) in [6.07, 6.45) is 0. The molecular weight excluding hydrogens is 343 g/mol. The van der Waals surface area contributed by atoms with Gasteiger partial charge in [0.1, 0.15) is 23.2 Å². The van der Waals surface area contributed by atoms with E-state index in [-0.39, 0.29) is 10.0 Å². The van der Waals surface area contributed by atoms with Crippen LogP contribution in [0.25, 0.3) is 11.3 Å². The van der Waals surface area contributed by atoms with Gasteiger partial charge in [0.05, 0.1) is 16.6 Å². The van der Waals surface area contributed by atoms with Gasteiger partial charge in [0, 0.05) is 11.3 Å². The molecular formula is C17H11Cl2F2NO. The Hall–Kier alpha value is -2.04. The normalized spacial score (nSPS) is 10.8. The number of furan rings is 1. The fourth-order valence-corrected chi connectivity index (χ4v) is 2.43. The highest BCUT2D eigenvalue weighted by molar-refractivity contribution is 6.31. The van der Waals surface area contributed by atoms with Crippen molar-refractivity contribution in [2.45, 2.75) is 6.54 Å². The van der Waals surface area contributed by atoms with Gasteiger partial charge < -0.3 is 9.73 Å². The molecule has 2 aromatic carbocycles. The molecule has 0 amide bonds. The van der Waals surface area contributed by atoms with Crippen LogP contribution in [0.4, 0.5) is 14.5 Å². The van der Waals surface area contributed by atoms with E-state index in [2.05, 4.69) is 5.32 Å². The first-order valence-electron chi connectivity index (χ1n) is 6.76. The monoisotopic (exact) mass is 353 g/mol. The van der Waals surface area contributed by atoms with E-state index in [9.17, 15) is 8.78 Å². The first kappa shape index (κ1) is 15.8. The molecule has 0 spiro atoms. The van der Waals surface area contributed by atoms with Crippen LogP contribution in [0.2, 0.25) is 10.0 Å². The highest BCUT2D eigenvalue weighted by atomic mass is 35.5. The zero-order valence-corrected chi connectivity index (χ0v) is 13.3. The number of hydrogen-bond donors (Lipinski definition) is 1. The second-order valence-corrected chi connectivity index (χ2v) is 5.69. The van der Waals surface area contributed by atoms with E-state index in [0.29, 0.717) is 29.3 Å². The van der Waals surface area contributed by atoms with Gasteiger partial charge in [-0.2, -0.15) is 0 Å². The predicted molar refractivity (Wildman–Crippen MR) is 87.8 cm³/mol. The molecule has 6 heteroatoms. The fourth-order valence-electron chi connectivity index (χ4n) is 2.07. The Morgan fingerprint density at radius 3 is 2.26 bits per heavy atom. The molecule has 0 atom stereocenters. The largest absolute Gasteiger partial charge is 0.459 e. The van der Waals surface area contributed by atoms with Crippen LogP contribution >= 0.6 is 23.2 Å². The van der Waals surface area contributed by atoms with Gasteiger partial charge in [0.25, 0.3) is 0 Å². The Morgan fingerprint density at radius 1 is 0.870 bits per heavy atom. The van der Waals surface area contributed by atoms with E-state index in [1.807, 2.05) is 0 Å². The summed E-state index contributed by atoms with van der Waals surface area (Å²) in [6.45, 7) is 0.400. The predicted octanol–water partition coefficient (Wildman–Crippen LogP) is 6.14. The molecule has 0 bridgehead atoms. The van der Waals surface area contributed by atoms with Crippen molar-refractivity contribution >= 4 is 28.9 Å². The maximum atomic E-state index is 13.2. The van der Waals surface area contributed by atoms with Crippen molar-refractivity contribution in [3.63, 3.8) is 0 Å². The van der Waals surface area contributed by atoms with Crippen LogP contribution < -0.4 is 5.32 Å². The number of nitrogens with one attached hydrogen (secondary N) is 1. The first-order valence-corrected chi connectivity index (χ1v) is 7.51. The van der Waals surface area contributed by atoms with Crippen LogP contribution in [-0.2, 0) is 6.54 Å². The highest BCUT2D eigenvalue weighted by Gasteiger charge is 2.08. The molecule has 0 saturated heterocycles. The summed E-state index contributed by atoms with van der Waals surface area (Å²) < 4.78 is 32.0. The average molecular weight is 354 g/mol. The van der Waals surface area contributed by atoms with Crippen molar-refractivity contribution < 1.29 is 13.2 Å². The van der Waals surface area contributed by atoms with Crippen molar-refractivity contribution in [3.8, 4) is 11.3 Å². The van der Waals surface area contributed by atoms with E-state index in [1.165, 1.54) is 24.3 Å². The third-order valence-corrected chi connectivity index (χ3v) is 3.83. The van der Waals surface area contributed by atoms with Gasteiger partial charge in [-0.1, -0.05) is 23.2 Å². The molecule has 118 valence electrons. The minimum absolute atomic E-state index is 0.0412. The maximum Gasteiger partial charge on any atom is 0.141 e. The Kier molecular flexibility index (Phi) is 4.55. The number of hydrogen-bond acceptors (Lipinski definition) is 2. The molecule has 0 saturated carbocycles. The summed E-state index contributed by atoms with van der Waals surface area (Å²) in [4.78, 5) is 0. The first-order chi connectivity index (χ1) is 11.0. The number of rotatable bonds is 4. The summed E-state index contributed by atoms with van der Waals surface area (Å²) in [7, 11) is 0. The Morgan fingerprint density at radius 2 is 1.57 bits per heavy atom. The Bertz CT molecular complexity index is 848. The van der Waals surface area contributed by atoms with Gasteiger partial charge in [0.2, 0.25) is 0 Å². The zero-order chi connectivity index (χ0) is 16.4. The van der Waals surface area contributed by atoms with Crippen molar-refractivity contribution in [2.75, 3.05) is 5.32 Å². The van der Waals surface area contributed by atoms with Crippen LogP contribution in [0, 0.1) is 11.6 Å². The molecule has 3 rings (SSSR count). The van der Waals surface area contributed by atoms with Gasteiger partial charge in [-0.25, -0.2) is 8.78 Å². The Labute approximate surface area is 141 Å². The SMILES string of the molecule is Fc1ccc(NCc2ccc(-c3ccc(F)c(Cl)c3)o2)cc1Cl. The number of benzene rings is 2. The molecule has 0 fully saturated rings. The van der Waals surface area contributed by atoms with E-state index < -0.39 is 11.6 Å². The fraction of sp³-hybridized carbons (Fsp3) is 0.0588. The van der Waals surface area contributed by atoms with Crippen LogP contribution in [0.5, 0.6) is 0 Å². The lowest BCUT2D eigenvalue weighted by molar-refractivity contribution is 0.531. The second-order valence-electron chi connectivity index (χ2n) is 4.88. The topological polar surface area (TPSA) is 25.2 Å². The maximum absolute atomic E-state index is 13.2. The summed E-state index contributed by atoms with van der Waals surface area (Å²) in [5, 5.41) is 3.18. The van der Waals surface area contributed by atoms with Crippen LogP contribution in [0.15, 0.2) is 52.9 Å². The molecule has 23 heavy (non-hydrogen) atoms. The molecule has 0 radical (unpaired) electrons.